The molecule has 0 spiro atoms. The van der Waals surface area contributed by atoms with Gasteiger partial charge < -0.3 is 10.4 Å². The first-order valence-corrected chi connectivity index (χ1v) is 6.70. The molecule has 104 valence electrons. The van der Waals surface area contributed by atoms with Crippen molar-refractivity contribution in [3.8, 4) is 0 Å². The topological polar surface area (TPSA) is 62.2 Å². The highest BCUT2D eigenvalue weighted by Gasteiger charge is 2.10. The van der Waals surface area contributed by atoms with Gasteiger partial charge >= 0.3 is 0 Å². The van der Waals surface area contributed by atoms with Crippen LogP contribution in [0, 0.1) is 0 Å². The summed E-state index contributed by atoms with van der Waals surface area (Å²) in [6, 6.07) is 10.8. The number of nitrogens with zero attached hydrogens (tertiary/aromatic N) is 1. The summed E-state index contributed by atoms with van der Waals surface area (Å²) in [6.45, 7) is 0.155. The highest BCUT2D eigenvalue weighted by molar-refractivity contribution is 6.33. The number of aliphatic hydroxyl groups is 1. The predicted molar refractivity (Wildman–Crippen MR) is 79.0 cm³/mol. The Kier molecular flexibility index (Phi) is 5.09. The molecule has 0 atom stereocenters. The Balaban J connectivity index is 2.10. The number of halogens is 1. The number of aliphatic hydroxyl groups excluding tert-OH is 1. The summed E-state index contributed by atoms with van der Waals surface area (Å²) in [6.07, 6.45) is 3.01. The Morgan fingerprint density at radius 3 is 2.90 bits per heavy atom. The molecule has 0 saturated heterocycles. The van der Waals surface area contributed by atoms with Crippen molar-refractivity contribution in [1.29, 1.82) is 0 Å². The van der Waals surface area contributed by atoms with E-state index < -0.39 is 0 Å². The summed E-state index contributed by atoms with van der Waals surface area (Å²) < 4.78 is 0. The summed E-state index contributed by atoms with van der Waals surface area (Å²) in [5, 5.41) is 11.8. The molecule has 0 unspecified atom stereocenters. The second-order valence-corrected chi connectivity index (χ2v) is 4.68. The maximum Gasteiger partial charge on any atom is 0.258 e. The van der Waals surface area contributed by atoms with Gasteiger partial charge in [-0.05, 0) is 42.7 Å². The Bertz CT molecular complexity index is 602. The molecule has 0 bridgehead atoms. The van der Waals surface area contributed by atoms with E-state index in [1.807, 2.05) is 24.3 Å². The van der Waals surface area contributed by atoms with Gasteiger partial charge in [-0.3, -0.25) is 4.79 Å². The highest BCUT2D eigenvalue weighted by atomic mass is 35.5. The standard InChI is InChI=1S/C15H15ClN2O2/c16-14-13(7-2-8-17-14)15(20)18-12-6-1-4-11(10-12)5-3-9-19/h1-2,4,6-8,10,19H,3,5,9H2,(H,18,20). The lowest BCUT2D eigenvalue weighted by Crippen LogP contribution is -2.13. The molecule has 0 saturated carbocycles. The molecule has 1 heterocycles. The van der Waals surface area contributed by atoms with Gasteiger partial charge in [-0.2, -0.15) is 0 Å². The molecule has 2 aromatic rings. The smallest absolute Gasteiger partial charge is 0.258 e. The first-order valence-electron chi connectivity index (χ1n) is 6.32. The van der Waals surface area contributed by atoms with Crippen LogP contribution in [0.15, 0.2) is 42.6 Å². The fraction of sp³-hybridized carbons (Fsp3) is 0.200. The number of rotatable bonds is 5. The van der Waals surface area contributed by atoms with E-state index in [9.17, 15) is 4.79 Å². The summed E-state index contributed by atoms with van der Waals surface area (Å²) >= 11 is 5.89. The number of pyridine rings is 1. The zero-order chi connectivity index (χ0) is 14.4. The van der Waals surface area contributed by atoms with Gasteiger partial charge in [-0.15, -0.1) is 0 Å². The molecule has 0 radical (unpaired) electrons. The number of hydrogen-bond acceptors (Lipinski definition) is 3. The number of carbonyl (C=O) groups is 1. The first-order chi connectivity index (χ1) is 9.70. The minimum atomic E-state index is -0.289. The molecule has 1 amide bonds. The van der Waals surface area contributed by atoms with Crippen molar-refractivity contribution >= 4 is 23.2 Å². The molecular weight excluding hydrogens is 276 g/mol. The lowest BCUT2D eigenvalue weighted by atomic mass is 10.1. The third-order valence-corrected chi connectivity index (χ3v) is 3.11. The van der Waals surface area contributed by atoms with Crippen LogP contribution in [0.1, 0.15) is 22.3 Å². The summed E-state index contributed by atoms with van der Waals surface area (Å²) in [5.41, 5.74) is 2.11. The minimum Gasteiger partial charge on any atom is -0.396 e. The fourth-order valence-corrected chi connectivity index (χ4v) is 2.05. The lowest BCUT2D eigenvalue weighted by molar-refractivity contribution is 0.102. The zero-order valence-electron chi connectivity index (χ0n) is 10.8. The quantitative estimate of drug-likeness (QED) is 0.832. The molecule has 0 aliphatic rings. The Labute approximate surface area is 122 Å². The van der Waals surface area contributed by atoms with E-state index in [1.54, 1.807) is 12.1 Å². The van der Waals surface area contributed by atoms with Crippen molar-refractivity contribution in [2.24, 2.45) is 0 Å². The monoisotopic (exact) mass is 290 g/mol. The van der Waals surface area contributed by atoms with Gasteiger partial charge in [0.2, 0.25) is 0 Å². The molecule has 0 aliphatic heterocycles. The van der Waals surface area contributed by atoms with Gasteiger partial charge in [0, 0.05) is 18.5 Å². The van der Waals surface area contributed by atoms with Crippen LogP contribution in [0.2, 0.25) is 5.15 Å². The largest absolute Gasteiger partial charge is 0.396 e. The number of carbonyl (C=O) groups excluding carboxylic acids is 1. The number of benzene rings is 1. The molecule has 2 N–H and O–H groups in total. The zero-order valence-corrected chi connectivity index (χ0v) is 11.6. The number of aryl methyl sites for hydroxylation is 1. The van der Waals surface area contributed by atoms with Crippen LogP contribution in [0.3, 0.4) is 0 Å². The van der Waals surface area contributed by atoms with Crippen molar-refractivity contribution in [2.45, 2.75) is 12.8 Å². The van der Waals surface area contributed by atoms with Crippen molar-refractivity contribution in [3.63, 3.8) is 0 Å². The van der Waals surface area contributed by atoms with Crippen LogP contribution >= 0.6 is 11.6 Å². The fourth-order valence-electron chi connectivity index (χ4n) is 1.84. The number of hydrogen-bond donors (Lipinski definition) is 2. The van der Waals surface area contributed by atoms with Gasteiger partial charge in [0.05, 0.1) is 5.56 Å². The number of aromatic nitrogens is 1. The normalized spacial score (nSPS) is 10.3. The third-order valence-electron chi connectivity index (χ3n) is 2.81. The van der Waals surface area contributed by atoms with E-state index in [2.05, 4.69) is 10.3 Å². The SMILES string of the molecule is O=C(Nc1cccc(CCCO)c1)c1cccnc1Cl. The maximum atomic E-state index is 12.1. The van der Waals surface area contributed by atoms with Crippen LogP contribution in [0.4, 0.5) is 5.69 Å². The maximum absolute atomic E-state index is 12.1. The second kappa shape index (κ2) is 7.03. The molecule has 1 aromatic carbocycles. The highest BCUT2D eigenvalue weighted by Crippen LogP contribution is 2.16. The van der Waals surface area contributed by atoms with Gasteiger partial charge in [-0.25, -0.2) is 4.98 Å². The van der Waals surface area contributed by atoms with E-state index in [1.165, 1.54) is 6.20 Å². The first kappa shape index (κ1) is 14.5. The Hall–Kier alpha value is -1.91. The average molecular weight is 291 g/mol. The number of anilines is 1. The van der Waals surface area contributed by atoms with E-state index >= 15 is 0 Å². The predicted octanol–water partition coefficient (Wildman–Crippen LogP) is 2.91. The third kappa shape index (κ3) is 3.79. The van der Waals surface area contributed by atoms with E-state index in [0.29, 0.717) is 17.7 Å². The van der Waals surface area contributed by atoms with Crippen LogP contribution in [0.25, 0.3) is 0 Å². The van der Waals surface area contributed by atoms with Crippen molar-refractivity contribution in [3.05, 3.63) is 58.9 Å². The van der Waals surface area contributed by atoms with Gasteiger partial charge in [-0.1, -0.05) is 23.7 Å². The van der Waals surface area contributed by atoms with E-state index in [0.717, 1.165) is 12.0 Å². The number of nitrogens with one attached hydrogen (secondary N) is 1. The van der Waals surface area contributed by atoms with E-state index in [4.69, 9.17) is 16.7 Å². The van der Waals surface area contributed by atoms with Crippen molar-refractivity contribution < 1.29 is 9.90 Å². The van der Waals surface area contributed by atoms with Crippen LogP contribution in [-0.2, 0) is 6.42 Å². The summed E-state index contributed by atoms with van der Waals surface area (Å²) in [7, 11) is 0. The molecule has 1 aromatic heterocycles. The molecule has 0 aliphatic carbocycles. The molecule has 5 heteroatoms. The molecular formula is C15H15ClN2O2. The summed E-state index contributed by atoms with van der Waals surface area (Å²) in [5.74, 6) is -0.289. The molecule has 4 nitrogen and oxygen atoms in total. The average Bonchev–Trinajstić information content (AvgIpc) is 2.46. The molecule has 20 heavy (non-hydrogen) atoms. The second-order valence-electron chi connectivity index (χ2n) is 4.32. The Morgan fingerprint density at radius 2 is 2.15 bits per heavy atom. The van der Waals surface area contributed by atoms with Gasteiger partial charge in [0.1, 0.15) is 5.15 Å². The van der Waals surface area contributed by atoms with Crippen LogP contribution in [0.5, 0.6) is 0 Å². The van der Waals surface area contributed by atoms with E-state index in [-0.39, 0.29) is 17.7 Å². The molecule has 0 fully saturated rings. The number of amides is 1. The summed E-state index contributed by atoms with van der Waals surface area (Å²) in [4.78, 5) is 16.0. The van der Waals surface area contributed by atoms with Gasteiger partial charge in [0.15, 0.2) is 0 Å². The minimum absolute atomic E-state index is 0.155. The van der Waals surface area contributed by atoms with Gasteiger partial charge in [0.25, 0.3) is 5.91 Å². The van der Waals surface area contributed by atoms with Crippen LogP contribution < -0.4 is 5.32 Å². The van der Waals surface area contributed by atoms with Crippen molar-refractivity contribution in [1.82, 2.24) is 4.98 Å². The van der Waals surface area contributed by atoms with Crippen molar-refractivity contribution in [2.75, 3.05) is 11.9 Å². The van der Waals surface area contributed by atoms with Crippen LogP contribution in [-0.4, -0.2) is 22.6 Å². The Morgan fingerprint density at radius 1 is 1.30 bits per heavy atom. The molecule has 2 rings (SSSR count). The lowest BCUT2D eigenvalue weighted by Gasteiger charge is -2.08.